The fourth-order valence-corrected chi connectivity index (χ4v) is 3.59. The van der Waals surface area contributed by atoms with Crippen LogP contribution < -0.4 is 5.73 Å². The first-order chi connectivity index (χ1) is 12.8. The van der Waals surface area contributed by atoms with E-state index in [-0.39, 0.29) is 22.7 Å². The number of nitrogens with zero attached hydrogens (tertiary/aromatic N) is 2. The zero-order valence-electron chi connectivity index (χ0n) is 14.4. The summed E-state index contributed by atoms with van der Waals surface area (Å²) in [6, 6.07) is 5.16. The number of sulfonamides is 1. The highest BCUT2D eigenvalue weighted by atomic mass is 32.2. The third kappa shape index (κ3) is 4.64. The second-order valence-electron chi connectivity index (χ2n) is 5.88. The van der Waals surface area contributed by atoms with E-state index in [1.165, 1.54) is 7.05 Å². The lowest BCUT2D eigenvalue weighted by atomic mass is 10.0. The van der Waals surface area contributed by atoms with Crippen LogP contribution in [0.3, 0.4) is 0 Å². The molecule has 0 unspecified atom stereocenters. The minimum atomic E-state index is -4.86. The van der Waals surface area contributed by atoms with E-state index in [2.05, 4.69) is 0 Å². The van der Waals surface area contributed by atoms with Crippen LogP contribution in [0.15, 0.2) is 47.4 Å². The molecular weight excluding hydrogens is 406 g/mol. The maximum Gasteiger partial charge on any atom is 0.419 e. The van der Waals surface area contributed by atoms with Crippen LogP contribution in [0.4, 0.5) is 23.2 Å². The number of hydrogen-bond acceptors (Lipinski definition) is 5. The normalized spacial score (nSPS) is 13.5. The predicted molar refractivity (Wildman–Crippen MR) is 91.2 cm³/mol. The number of nitrogens with two attached hydrogens (primary N) is 1. The zero-order chi connectivity index (χ0) is 21.3. The lowest BCUT2D eigenvalue weighted by Gasteiger charge is -2.22. The summed E-state index contributed by atoms with van der Waals surface area (Å²) in [6.07, 6.45) is -4.86. The molecule has 2 N–H and O–H groups in total. The molecule has 152 valence electrons. The minimum Gasteiger partial charge on any atom is -0.323 e. The average Bonchev–Trinajstić information content (AvgIpc) is 2.60. The van der Waals surface area contributed by atoms with E-state index in [0.29, 0.717) is 12.1 Å². The molecule has 0 aliphatic heterocycles. The molecule has 28 heavy (non-hydrogen) atoms. The van der Waals surface area contributed by atoms with Crippen LogP contribution in [-0.4, -0.2) is 31.2 Å². The van der Waals surface area contributed by atoms with Gasteiger partial charge in [-0.3, -0.25) is 10.1 Å². The molecule has 12 heteroatoms. The van der Waals surface area contributed by atoms with Crippen LogP contribution in [0.1, 0.15) is 17.2 Å². The number of likely N-dealkylation sites (N-methyl/N-ethyl adjacent to an activating group) is 1. The van der Waals surface area contributed by atoms with E-state index in [0.717, 1.165) is 34.6 Å². The molecule has 1 atom stereocenters. The second kappa shape index (κ2) is 7.81. The molecule has 0 radical (unpaired) electrons. The molecule has 0 saturated carbocycles. The van der Waals surface area contributed by atoms with Crippen molar-refractivity contribution in [3.8, 4) is 0 Å². The van der Waals surface area contributed by atoms with Gasteiger partial charge in [-0.1, -0.05) is 6.07 Å². The van der Waals surface area contributed by atoms with Crippen LogP contribution in [0.2, 0.25) is 0 Å². The lowest BCUT2D eigenvalue weighted by molar-refractivity contribution is -0.384. The maximum atomic E-state index is 13.7. The summed E-state index contributed by atoms with van der Waals surface area (Å²) in [5, 5.41) is 10.6. The summed E-state index contributed by atoms with van der Waals surface area (Å²) in [5.74, 6) is -1.51. The van der Waals surface area contributed by atoms with Crippen molar-refractivity contribution in [2.75, 3.05) is 13.6 Å². The van der Waals surface area contributed by atoms with Crippen LogP contribution >= 0.6 is 0 Å². The lowest BCUT2D eigenvalue weighted by Crippen LogP contribution is -2.34. The Morgan fingerprint density at radius 3 is 2.21 bits per heavy atom. The van der Waals surface area contributed by atoms with Crippen molar-refractivity contribution in [3.05, 3.63) is 69.5 Å². The van der Waals surface area contributed by atoms with Gasteiger partial charge in [0.2, 0.25) is 10.0 Å². The number of benzene rings is 2. The number of non-ortho nitro benzene ring substituents is 1. The number of halogens is 4. The molecular formula is C16H15F4N3O4S. The molecule has 0 aliphatic carbocycles. The molecule has 7 nitrogen and oxygen atoms in total. The Bertz CT molecular complexity index is 978. The molecule has 0 fully saturated rings. The topological polar surface area (TPSA) is 107 Å². The summed E-state index contributed by atoms with van der Waals surface area (Å²) in [7, 11) is -2.89. The molecule has 2 aromatic carbocycles. The summed E-state index contributed by atoms with van der Waals surface area (Å²) in [6.45, 7) is -0.357. The van der Waals surface area contributed by atoms with Gasteiger partial charge in [-0.15, -0.1) is 0 Å². The SMILES string of the molecule is CN(C[C@@H](N)c1ccc(C(F)(F)F)c(F)c1)S(=O)(=O)c1ccc([N+](=O)[O-])cc1. The molecule has 2 rings (SSSR count). The molecule has 0 heterocycles. The fraction of sp³-hybridized carbons (Fsp3) is 0.250. The number of rotatable bonds is 6. The quantitative estimate of drug-likeness (QED) is 0.438. The van der Waals surface area contributed by atoms with Crippen LogP contribution in [-0.2, 0) is 16.2 Å². The Balaban J connectivity index is 2.20. The number of alkyl halides is 3. The maximum absolute atomic E-state index is 13.7. The summed E-state index contributed by atoms with van der Waals surface area (Å²) < 4.78 is 77.4. The van der Waals surface area contributed by atoms with E-state index in [1.54, 1.807) is 0 Å². The summed E-state index contributed by atoms with van der Waals surface area (Å²) >= 11 is 0. The van der Waals surface area contributed by atoms with Gasteiger partial charge in [-0.2, -0.15) is 17.5 Å². The highest BCUT2D eigenvalue weighted by Crippen LogP contribution is 2.32. The highest BCUT2D eigenvalue weighted by molar-refractivity contribution is 7.89. The molecule has 0 aromatic heterocycles. The Morgan fingerprint density at radius 1 is 1.18 bits per heavy atom. The van der Waals surface area contributed by atoms with Crippen LogP contribution in [0.25, 0.3) is 0 Å². The van der Waals surface area contributed by atoms with Crippen molar-refractivity contribution in [2.24, 2.45) is 5.73 Å². The van der Waals surface area contributed by atoms with Crippen molar-refractivity contribution >= 4 is 15.7 Å². The van der Waals surface area contributed by atoms with Gasteiger partial charge < -0.3 is 5.73 Å². The molecule has 0 aliphatic rings. The van der Waals surface area contributed by atoms with Gasteiger partial charge >= 0.3 is 6.18 Å². The first-order valence-electron chi connectivity index (χ1n) is 7.67. The molecule has 0 amide bonds. The van der Waals surface area contributed by atoms with E-state index in [9.17, 15) is 36.1 Å². The highest BCUT2D eigenvalue weighted by Gasteiger charge is 2.34. The molecule has 2 aromatic rings. The zero-order valence-corrected chi connectivity index (χ0v) is 15.2. The largest absolute Gasteiger partial charge is 0.419 e. The van der Waals surface area contributed by atoms with Crippen LogP contribution in [0.5, 0.6) is 0 Å². The Hall–Kier alpha value is -2.57. The monoisotopic (exact) mass is 421 g/mol. The van der Waals surface area contributed by atoms with Crippen molar-refractivity contribution < 1.29 is 30.9 Å². The number of nitro groups is 1. The van der Waals surface area contributed by atoms with Crippen molar-refractivity contribution in [1.82, 2.24) is 4.31 Å². The van der Waals surface area contributed by atoms with E-state index in [1.807, 2.05) is 0 Å². The van der Waals surface area contributed by atoms with Crippen LogP contribution in [0, 0.1) is 15.9 Å². The Labute approximate surface area is 157 Å². The number of hydrogen-bond donors (Lipinski definition) is 1. The van der Waals surface area contributed by atoms with Gasteiger partial charge in [0.05, 0.1) is 15.4 Å². The smallest absolute Gasteiger partial charge is 0.323 e. The van der Waals surface area contributed by atoms with Gasteiger partial charge in [0, 0.05) is 31.8 Å². The minimum absolute atomic E-state index is 0.0174. The van der Waals surface area contributed by atoms with Crippen molar-refractivity contribution in [1.29, 1.82) is 0 Å². The van der Waals surface area contributed by atoms with Gasteiger partial charge in [0.1, 0.15) is 5.82 Å². The van der Waals surface area contributed by atoms with E-state index < -0.39 is 38.5 Å². The molecule has 0 saturated heterocycles. The van der Waals surface area contributed by atoms with Crippen molar-refractivity contribution in [3.63, 3.8) is 0 Å². The van der Waals surface area contributed by atoms with Gasteiger partial charge in [-0.25, -0.2) is 12.8 Å². The first-order valence-corrected chi connectivity index (χ1v) is 9.11. The third-order valence-electron chi connectivity index (χ3n) is 3.94. The van der Waals surface area contributed by atoms with E-state index >= 15 is 0 Å². The van der Waals surface area contributed by atoms with Crippen molar-refractivity contribution in [2.45, 2.75) is 17.1 Å². The summed E-state index contributed by atoms with van der Waals surface area (Å²) in [5.41, 5.74) is 4.06. The Kier molecular flexibility index (Phi) is 6.06. The molecule has 0 bridgehead atoms. The third-order valence-corrected chi connectivity index (χ3v) is 5.77. The first kappa shape index (κ1) is 21.7. The van der Waals surface area contributed by atoms with E-state index in [4.69, 9.17) is 5.73 Å². The summed E-state index contributed by atoms with van der Waals surface area (Å²) in [4.78, 5) is 9.72. The average molecular weight is 421 g/mol. The van der Waals surface area contributed by atoms with Gasteiger partial charge in [-0.05, 0) is 29.8 Å². The standard InChI is InChI=1S/C16H15F4N3O4S/c1-22(28(26,27)12-5-3-11(4-6-12)23(24)25)9-15(21)10-2-7-13(14(17)8-10)16(18,19)20/h2-8,15H,9,21H2,1H3/t15-/m1/s1. The predicted octanol–water partition coefficient (Wildman–Crippen LogP) is 3.07. The number of nitro benzene ring substituents is 1. The Morgan fingerprint density at radius 2 is 1.75 bits per heavy atom. The van der Waals surface area contributed by atoms with Gasteiger partial charge in [0.15, 0.2) is 0 Å². The van der Waals surface area contributed by atoms with Gasteiger partial charge in [0.25, 0.3) is 5.69 Å². The second-order valence-corrected chi connectivity index (χ2v) is 7.92. The molecule has 0 spiro atoms. The fourth-order valence-electron chi connectivity index (χ4n) is 2.39.